The molecule has 1 heterocycles. The molecule has 0 saturated heterocycles. The molecule has 0 radical (unpaired) electrons. The number of alkyl halides is 3. The molecule has 1 N–H and O–H groups in total. The maximum absolute atomic E-state index is 13.1. The first-order valence-corrected chi connectivity index (χ1v) is 6.19. The smallest absolute Gasteiger partial charge is 0.309 e. The van der Waals surface area contributed by atoms with Gasteiger partial charge in [-0.3, -0.25) is 4.98 Å². The van der Waals surface area contributed by atoms with Crippen LogP contribution in [0.25, 0.3) is 0 Å². The number of hydrogen-bond donors (Lipinski definition) is 1. The molecule has 0 amide bonds. The lowest BCUT2D eigenvalue weighted by Gasteiger charge is -2.22. The van der Waals surface area contributed by atoms with E-state index in [1.807, 2.05) is 31.2 Å². The standard InChI is InChI=1S/C15H15F3N2/c1-10-5-3-4-6-11(10)14(19-2)12-9-20-8-7-13(12)15(16,17)18/h3-9,14,19H,1-2H3. The van der Waals surface area contributed by atoms with Gasteiger partial charge < -0.3 is 5.32 Å². The van der Waals surface area contributed by atoms with Gasteiger partial charge in [0.25, 0.3) is 0 Å². The molecular weight excluding hydrogens is 265 g/mol. The summed E-state index contributed by atoms with van der Waals surface area (Å²) in [5.74, 6) is 0. The van der Waals surface area contributed by atoms with Gasteiger partial charge in [-0.05, 0) is 31.2 Å². The van der Waals surface area contributed by atoms with Crippen LogP contribution in [0.2, 0.25) is 0 Å². The molecule has 1 atom stereocenters. The van der Waals surface area contributed by atoms with Crippen molar-refractivity contribution in [2.45, 2.75) is 19.1 Å². The number of benzene rings is 1. The summed E-state index contributed by atoms with van der Waals surface area (Å²) in [5.41, 5.74) is 1.23. The van der Waals surface area contributed by atoms with Gasteiger partial charge in [0.1, 0.15) is 0 Å². The van der Waals surface area contributed by atoms with E-state index in [0.29, 0.717) is 0 Å². The fraction of sp³-hybridized carbons (Fsp3) is 0.267. The first-order valence-electron chi connectivity index (χ1n) is 6.19. The Morgan fingerprint density at radius 2 is 1.80 bits per heavy atom. The van der Waals surface area contributed by atoms with Crippen LogP contribution in [-0.2, 0) is 6.18 Å². The average Bonchev–Trinajstić information content (AvgIpc) is 2.41. The average molecular weight is 280 g/mol. The molecule has 0 bridgehead atoms. The quantitative estimate of drug-likeness (QED) is 0.927. The number of nitrogens with zero attached hydrogens (tertiary/aromatic N) is 1. The lowest BCUT2D eigenvalue weighted by atomic mass is 9.93. The van der Waals surface area contributed by atoms with E-state index in [2.05, 4.69) is 10.3 Å². The van der Waals surface area contributed by atoms with Crippen molar-refractivity contribution in [1.29, 1.82) is 0 Å². The van der Waals surface area contributed by atoms with Gasteiger partial charge in [0, 0.05) is 18.0 Å². The molecule has 2 nitrogen and oxygen atoms in total. The third kappa shape index (κ3) is 2.82. The van der Waals surface area contributed by atoms with E-state index in [9.17, 15) is 13.2 Å². The van der Waals surface area contributed by atoms with E-state index >= 15 is 0 Å². The molecule has 20 heavy (non-hydrogen) atoms. The minimum absolute atomic E-state index is 0.136. The van der Waals surface area contributed by atoms with Crippen molar-refractivity contribution >= 4 is 0 Å². The molecule has 0 aliphatic heterocycles. The second kappa shape index (κ2) is 5.63. The SMILES string of the molecule is CNC(c1ccccc1C)c1cnccc1C(F)(F)F. The molecule has 0 aliphatic rings. The molecular formula is C15H15F3N2. The van der Waals surface area contributed by atoms with Gasteiger partial charge in [-0.2, -0.15) is 13.2 Å². The van der Waals surface area contributed by atoms with E-state index in [-0.39, 0.29) is 5.56 Å². The molecule has 106 valence electrons. The third-order valence-corrected chi connectivity index (χ3v) is 3.26. The van der Waals surface area contributed by atoms with Crippen LogP contribution in [0.3, 0.4) is 0 Å². The summed E-state index contributed by atoms with van der Waals surface area (Å²) in [5, 5.41) is 2.95. The van der Waals surface area contributed by atoms with E-state index in [1.54, 1.807) is 7.05 Å². The zero-order valence-electron chi connectivity index (χ0n) is 11.2. The van der Waals surface area contributed by atoms with E-state index in [1.165, 1.54) is 6.20 Å². The zero-order valence-corrected chi connectivity index (χ0v) is 11.2. The van der Waals surface area contributed by atoms with Crippen molar-refractivity contribution in [2.75, 3.05) is 7.05 Å². The molecule has 1 unspecified atom stereocenters. The Balaban J connectivity index is 2.57. The predicted molar refractivity (Wildman–Crippen MR) is 71.3 cm³/mol. The minimum Gasteiger partial charge on any atom is -0.309 e. The Hall–Kier alpha value is -1.88. The number of hydrogen-bond acceptors (Lipinski definition) is 2. The topological polar surface area (TPSA) is 24.9 Å². The highest BCUT2D eigenvalue weighted by molar-refractivity contribution is 5.40. The van der Waals surface area contributed by atoms with Crippen LogP contribution in [0.5, 0.6) is 0 Å². The Labute approximate surface area is 115 Å². The number of rotatable bonds is 3. The summed E-state index contributed by atoms with van der Waals surface area (Å²) in [6, 6.07) is 7.85. The second-order valence-electron chi connectivity index (χ2n) is 4.54. The Morgan fingerprint density at radius 3 is 2.40 bits per heavy atom. The van der Waals surface area contributed by atoms with Gasteiger partial charge in [0.2, 0.25) is 0 Å². The summed E-state index contributed by atoms with van der Waals surface area (Å²) in [4.78, 5) is 3.84. The summed E-state index contributed by atoms with van der Waals surface area (Å²) in [6.45, 7) is 1.88. The highest BCUT2D eigenvalue weighted by atomic mass is 19.4. The summed E-state index contributed by atoms with van der Waals surface area (Å²) < 4.78 is 39.3. The molecule has 0 spiro atoms. The first-order chi connectivity index (χ1) is 9.45. The first kappa shape index (κ1) is 14.5. The molecule has 0 fully saturated rings. The minimum atomic E-state index is -4.39. The zero-order chi connectivity index (χ0) is 14.8. The molecule has 2 rings (SSSR count). The molecule has 0 saturated carbocycles. The van der Waals surface area contributed by atoms with Gasteiger partial charge in [-0.25, -0.2) is 0 Å². The Bertz CT molecular complexity index is 594. The van der Waals surface area contributed by atoms with Gasteiger partial charge in [-0.15, -0.1) is 0 Å². The van der Waals surface area contributed by atoms with Crippen molar-refractivity contribution in [3.63, 3.8) is 0 Å². The summed E-state index contributed by atoms with van der Waals surface area (Å²) in [6.07, 6.45) is -1.95. The molecule has 1 aromatic heterocycles. The highest BCUT2D eigenvalue weighted by Crippen LogP contribution is 2.36. The van der Waals surface area contributed by atoms with Gasteiger partial charge in [0.05, 0.1) is 11.6 Å². The fourth-order valence-corrected chi connectivity index (χ4v) is 2.28. The van der Waals surface area contributed by atoms with Crippen LogP contribution >= 0.6 is 0 Å². The largest absolute Gasteiger partial charge is 0.416 e. The van der Waals surface area contributed by atoms with Crippen molar-refractivity contribution in [2.24, 2.45) is 0 Å². The van der Waals surface area contributed by atoms with Gasteiger partial charge in [0.15, 0.2) is 0 Å². The number of aromatic nitrogens is 1. The number of aryl methyl sites for hydroxylation is 1. The molecule has 5 heteroatoms. The van der Waals surface area contributed by atoms with Crippen LogP contribution < -0.4 is 5.32 Å². The van der Waals surface area contributed by atoms with Crippen molar-refractivity contribution in [1.82, 2.24) is 10.3 Å². The van der Waals surface area contributed by atoms with E-state index in [0.717, 1.165) is 23.4 Å². The number of pyridine rings is 1. The van der Waals surface area contributed by atoms with Gasteiger partial charge >= 0.3 is 6.18 Å². The molecule has 0 aliphatic carbocycles. The lowest BCUT2D eigenvalue weighted by molar-refractivity contribution is -0.138. The highest BCUT2D eigenvalue weighted by Gasteiger charge is 2.35. The Kier molecular flexibility index (Phi) is 4.09. The second-order valence-corrected chi connectivity index (χ2v) is 4.54. The fourth-order valence-electron chi connectivity index (χ4n) is 2.28. The monoisotopic (exact) mass is 280 g/mol. The summed E-state index contributed by atoms with van der Waals surface area (Å²) >= 11 is 0. The van der Waals surface area contributed by atoms with Crippen LogP contribution in [0, 0.1) is 6.92 Å². The Morgan fingerprint density at radius 1 is 1.10 bits per heavy atom. The third-order valence-electron chi connectivity index (χ3n) is 3.26. The number of nitrogens with one attached hydrogen (secondary N) is 1. The number of halogens is 3. The van der Waals surface area contributed by atoms with E-state index < -0.39 is 17.8 Å². The van der Waals surface area contributed by atoms with Crippen LogP contribution in [-0.4, -0.2) is 12.0 Å². The van der Waals surface area contributed by atoms with E-state index in [4.69, 9.17) is 0 Å². The molecule has 2 aromatic rings. The molecule has 1 aromatic carbocycles. The van der Waals surface area contributed by atoms with Crippen LogP contribution in [0.1, 0.15) is 28.3 Å². The maximum atomic E-state index is 13.1. The van der Waals surface area contributed by atoms with Crippen LogP contribution in [0.4, 0.5) is 13.2 Å². The van der Waals surface area contributed by atoms with Gasteiger partial charge in [-0.1, -0.05) is 24.3 Å². The van der Waals surface area contributed by atoms with Crippen molar-refractivity contribution < 1.29 is 13.2 Å². The predicted octanol–water partition coefficient (Wildman–Crippen LogP) is 3.72. The summed E-state index contributed by atoms with van der Waals surface area (Å²) in [7, 11) is 1.64. The lowest BCUT2D eigenvalue weighted by Crippen LogP contribution is -2.23. The maximum Gasteiger partial charge on any atom is 0.416 e. The van der Waals surface area contributed by atoms with Crippen molar-refractivity contribution in [3.05, 3.63) is 65.0 Å². The van der Waals surface area contributed by atoms with Crippen molar-refractivity contribution in [3.8, 4) is 0 Å². The van der Waals surface area contributed by atoms with Crippen LogP contribution in [0.15, 0.2) is 42.7 Å². The normalized spacial score (nSPS) is 13.2.